The Kier molecular flexibility index (Phi) is 5.41. The maximum atomic E-state index is 6.23. The molecule has 2 saturated heterocycles. The van der Waals surface area contributed by atoms with E-state index in [4.69, 9.17) is 27.9 Å². The zero-order chi connectivity index (χ0) is 14.7. The van der Waals surface area contributed by atoms with Crippen LogP contribution in [0.1, 0.15) is 24.4 Å². The predicted octanol–water partition coefficient (Wildman–Crippen LogP) is 3.37. The molecule has 0 saturated carbocycles. The van der Waals surface area contributed by atoms with Crippen molar-refractivity contribution < 1.29 is 4.74 Å². The molecule has 116 valence electrons. The van der Waals surface area contributed by atoms with Gasteiger partial charge in [-0.15, -0.1) is 0 Å². The second-order valence-corrected chi connectivity index (χ2v) is 6.76. The van der Waals surface area contributed by atoms with E-state index in [-0.39, 0.29) is 0 Å². The molecular formula is C16H22Cl2N2O. The molecule has 0 amide bonds. The number of piperazine rings is 1. The molecule has 0 bridgehead atoms. The van der Waals surface area contributed by atoms with E-state index in [1.54, 1.807) is 0 Å². The molecular weight excluding hydrogens is 307 g/mol. The van der Waals surface area contributed by atoms with E-state index in [0.29, 0.717) is 12.0 Å². The average Bonchev–Trinajstić information content (AvgIpc) is 2.49. The van der Waals surface area contributed by atoms with Gasteiger partial charge in [0.1, 0.15) is 0 Å². The molecule has 1 N–H and O–H groups in total. The predicted molar refractivity (Wildman–Crippen MR) is 87.2 cm³/mol. The number of hydrogen-bond donors (Lipinski definition) is 1. The maximum absolute atomic E-state index is 6.23. The van der Waals surface area contributed by atoms with Gasteiger partial charge in [-0.05, 0) is 42.5 Å². The summed E-state index contributed by atoms with van der Waals surface area (Å²) in [6, 6.07) is 6.36. The largest absolute Gasteiger partial charge is 0.381 e. The van der Waals surface area contributed by atoms with Crippen molar-refractivity contribution >= 4 is 23.2 Å². The van der Waals surface area contributed by atoms with Crippen LogP contribution < -0.4 is 5.32 Å². The Balaban J connectivity index is 1.89. The van der Waals surface area contributed by atoms with Crippen LogP contribution in [-0.4, -0.2) is 44.3 Å². The number of benzene rings is 1. The Bertz CT molecular complexity index is 433. The van der Waals surface area contributed by atoms with Crippen molar-refractivity contribution in [2.45, 2.75) is 18.9 Å². The summed E-state index contributed by atoms with van der Waals surface area (Å²) in [5.41, 5.74) is 1.25. The van der Waals surface area contributed by atoms with E-state index in [1.807, 2.05) is 6.07 Å². The third-order valence-electron chi connectivity index (χ3n) is 4.48. The van der Waals surface area contributed by atoms with Gasteiger partial charge in [-0.3, -0.25) is 4.90 Å². The van der Waals surface area contributed by atoms with Gasteiger partial charge in [0.2, 0.25) is 0 Å². The van der Waals surface area contributed by atoms with Crippen molar-refractivity contribution in [1.82, 2.24) is 10.2 Å². The van der Waals surface area contributed by atoms with Crippen molar-refractivity contribution in [1.29, 1.82) is 0 Å². The van der Waals surface area contributed by atoms with Crippen LogP contribution in [0.25, 0.3) is 0 Å². The van der Waals surface area contributed by atoms with Crippen molar-refractivity contribution in [3.63, 3.8) is 0 Å². The summed E-state index contributed by atoms with van der Waals surface area (Å²) in [6.45, 7) is 5.98. The molecule has 1 aromatic rings. The number of hydrogen-bond acceptors (Lipinski definition) is 3. The second-order valence-electron chi connectivity index (χ2n) is 5.88. The maximum Gasteiger partial charge on any atom is 0.0469 e. The number of rotatable bonds is 3. The van der Waals surface area contributed by atoms with Gasteiger partial charge in [0.25, 0.3) is 0 Å². The molecule has 21 heavy (non-hydrogen) atoms. The molecule has 0 spiro atoms. The lowest BCUT2D eigenvalue weighted by molar-refractivity contribution is 0.0213. The minimum absolute atomic E-state index is 0.396. The van der Waals surface area contributed by atoms with Crippen LogP contribution in [0.4, 0.5) is 0 Å². The first kappa shape index (κ1) is 15.6. The summed E-state index contributed by atoms with van der Waals surface area (Å²) in [5, 5.41) is 4.88. The monoisotopic (exact) mass is 328 g/mol. The summed E-state index contributed by atoms with van der Waals surface area (Å²) in [6.07, 6.45) is 2.22. The topological polar surface area (TPSA) is 24.5 Å². The van der Waals surface area contributed by atoms with Gasteiger partial charge in [-0.2, -0.15) is 0 Å². The molecule has 2 aliphatic heterocycles. The van der Waals surface area contributed by atoms with Crippen LogP contribution in [0, 0.1) is 5.92 Å². The van der Waals surface area contributed by atoms with Gasteiger partial charge in [0.15, 0.2) is 0 Å². The quantitative estimate of drug-likeness (QED) is 0.920. The van der Waals surface area contributed by atoms with Gasteiger partial charge < -0.3 is 10.1 Å². The van der Waals surface area contributed by atoms with E-state index in [1.165, 1.54) is 5.56 Å². The fourth-order valence-corrected chi connectivity index (χ4v) is 4.06. The van der Waals surface area contributed by atoms with E-state index >= 15 is 0 Å². The van der Waals surface area contributed by atoms with Gasteiger partial charge in [-0.25, -0.2) is 0 Å². The molecule has 2 aliphatic rings. The number of halogens is 2. The van der Waals surface area contributed by atoms with Crippen LogP contribution >= 0.6 is 23.2 Å². The zero-order valence-electron chi connectivity index (χ0n) is 12.2. The lowest BCUT2D eigenvalue weighted by Gasteiger charge is -2.41. The normalized spacial score (nSPS) is 23.1. The Labute approximate surface area is 136 Å². The number of nitrogens with zero attached hydrogens (tertiary/aromatic N) is 1. The van der Waals surface area contributed by atoms with Gasteiger partial charge in [0, 0.05) is 55.5 Å². The number of nitrogens with one attached hydrogen (secondary N) is 1. The lowest BCUT2D eigenvalue weighted by atomic mass is 9.85. The molecule has 0 radical (unpaired) electrons. The standard InChI is InChI=1S/C16H22Cl2N2O/c17-14-9-13(10-15(18)11-14)16(12-1-7-21-8-2-12)20-5-3-19-4-6-20/h9-12,16,19H,1-8H2/t16-/m0/s1. The van der Waals surface area contributed by atoms with Gasteiger partial charge >= 0.3 is 0 Å². The first-order chi connectivity index (χ1) is 10.2. The van der Waals surface area contributed by atoms with Crippen LogP contribution in [0.15, 0.2) is 18.2 Å². The fraction of sp³-hybridized carbons (Fsp3) is 0.625. The van der Waals surface area contributed by atoms with Gasteiger partial charge in [-0.1, -0.05) is 23.2 Å². The Morgan fingerprint density at radius 3 is 2.29 bits per heavy atom. The van der Waals surface area contributed by atoms with Gasteiger partial charge in [0.05, 0.1) is 0 Å². The molecule has 2 fully saturated rings. The lowest BCUT2D eigenvalue weighted by Crippen LogP contribution is -2.47. The number of ether oxygens (including phenoxy) is 1. The molecule has 3 nitrogen and oxygen atoms in total. The first-order valence-corrected chi connectivity index (χ1v) is 8.48. The van der Waals surface area contributed by atoms with Crippen LogP contribution in [0.3, 0.4) is 0 Å². The SMILES string of the molecule is Clc1cc(Cl)cc([C@H](C2CCOCC2)N2CCNCC2)c1. The van der Waals surface area contributed by atoms with Crippen LogP contribution in [0.2, 0.25) is 10.0 Å². The Morgan fingerprint density at radius 1 is 1.05 bits per heavy atom. The molecule has 1 atom stereocenters. The summed E-state index contributed by atoms with van der Waals surface area (Å²) in [5.74, 6) is 0.617. The second kappa shape index (κ2) is 7.30. The van der Waals surface area contributed by atoms with E-state index in [9.17, 15) is 0 Å². The minimum Gasteiger partial charge on any atom is -0.381 e. The Morgan fingerprint density at radius 2 is 1.67 bits per heavy atom. The fourth-order valence-electron chi connectivity index (χ4n) is 3.52. The highest BCUT2D eigenvalue weighted by atomic mass is 35.5. The highest BCUT2D eigenvalue weighted by Crippen LogP contribution is 2.37. The average molecular weight is 329 g/mol. The first-order valence-electron chi connectivity index (χ1n) is 7.72. The van der Waals surface area contributed by atoms with Crippen LogP contribution in [-0.2, 0) is 4.74 Å². The smallest absolute Gasteiger partial charge is 0.0469 e. The van der Waals surface area contributed by atoms with E-state index in [2.05, 4.69) is 22.3 Å². The molecule has 5 heteroatoms. The Hall–Kier alpha value is -0.320. The summed E-state index contributed by atoms with van der Waals surface area (Å²) in [4.78, 5) is 2.58. The third kappa shape index (κ3) is 3.91. The molecule has 3 rings (SSSR count). The minimum atomic E-state index is 0.396. The summed E-state index contributed by atoms with van der Waals surface area (Å²) >= 11 is 12.5. The zero-order valence-corrected chi connectivity index (χ0v) is 13.7. The van der Waals surface area contributed by atoms with E-state index in [0.717, 1.165) is 62.3 Å². The summed E-state index contributed by atoms with van der Waals surface area (Å²) < 4.78 is 5.54. The molecule has 0 unspecified atom stereocenters. The van der Waals surface area contributed by atoms with E-state index < -0.39 is 0 Å². The summed E-state index contributed by atoms with van der Waals surface area (Å²) in [7, 11) is 0. The molecule has 0 aromatic heterocycles. The van der Waals surface area contributed by atoms with Crippen LogP contribution in [0.5, 0.6) is 0 Å². The highest BCUT2D eigenvalue weighted by molar-refractivity contribution is 6.34. The third-order valence-corrected chi connectivity index (χ3v) is 4.92. The molecule has 2 heterocycles. The van der Waals surface area contributed by atoms with Crippen molar-refractivity contribution in [3.05, 3.63) is 33.8 Å². The highest BCUT2D eigenvalue weighted by Gasteiger charge is 2.31. The molecule has 1 aromatic carbocycles. The van der Waals surface area contributed by atoms with Crippen molar-refractivity contribution in [2.24, 2.45) is 5.92 Å². The van der Waals surface area contributed by atoms with Crippen molar-refractivity contribution in [3.8, 4) is 0 Å². The molecule has 0 aliphatic carbocycles. The van der Waals surface area contributed by atoms with Crippen molar-refractivity contribution in [2.75, 3.05) is 39.4 Å².